The summed E-state index contributed by atoms with van der Waals surface area (Å²) >= 11 is 0. The number of pyridine rings is 2. The van der Waals surface area contributed by atoms with Crippen molar-refractivity contribution in [2.45, 2.75) is 0 Å². The molecule has 1 aliphatic rings. The Morgan fingerprint density at radius 2 is 1.66 bits per heavy atom. The Labute approximate surface area is 164 Å². The highest BCUT2D eigenvalue weighted by Gasteiger charge is 2.19. The molecule has 1 aliphatic heterocycles. The molecule has 0 spiro atoms. The molecule has 0 atom stereocenters. The number of ether oxygens (including phenoxy) is 2. The predicted molar refractivity (Wildman–Crippen MR) is 105 cm³/mol. The molecule has 29 heavy (non-hydrogen) atoms. The molecule has 0 fully saturated rings. The maximum Gasteiger partial charge on any atom is 0.231 e. The topological polar surface area (TPSA) is 61.5 Å². The molecular formula is C22H13FN4O2. The van der Waals surface area contributed by atoms with Gasteiger partial charge in [-0.3, -0.25) is 4.40 Å². The number of rotatable bonds is 2. The predicted octanol–water partition coefficient (Wildman–Crippen LogP) is 4.48. The Morgan fingerprint density at radius 1 is 0.828 bits per heavy atom. The highest BCUT2D eigenvalue weighted by atomic mass is 19.1. The van der Waals surface area contributed by atoms with Crippen LogP contribution in [0.4, 0.5) is 4.39 Å². The van der Waals surface area contributed by atoms with Crippen molar-refractivity contribution in [1.82, 2.24) is 19.6 Å². The van der Waals surface area contributed by atoms with Gasteiger partial charge in [0.15, 0.2) is 23.0 Å². The summed E-state index contributed by atoms with van der Waals surface area (Å²) in [5, 5.41) is 9.78. The molecule has 0 radical (unpaired) electrons. The molecule has 2 aromatic carbocycles. The summed E-state index contributed by atoms with van der Waals surface area (Å²) in [5.74, 6) is 1.73. The molecule has 7 heteroatoms. The molecule has 5 aromatic rings. The van der Waals surface area contributed by atoms with E-state index in [2.05, 4.69) is 15.2 Å². The fraction of sp³-hybridized carbons (Fsp3) is 0.0455. The van der Waals surface area contributed by atoms with E-state index in [4.69, 9.17) is 9.47 Å². The van der Waals surface area contributed by atoms with Gasteiger partial charge in [0, 0.05) is 22.7 Å². The third kappa shape index (κ3) is 2.44. The van der Waals surface area contributed by atoms with Crippen molar-refractivity contribution in [3.63, 3.8) is 0 Å². The number of hydrogen-bond donors (Lipinski definition) is 0. The maximum absolute atomic E-state index is 13.4. The van der Waals surface area contributed by atoms with Gasteiger partial charge in [-0.2, -0.15) is 0 Å². The van der Waals surface area contributed by atoms with E-state index in [9.17, 15) is 4.39 Å². The van der Waals surface area contributed by atoms with Crippen molar-refractivity contribution in [2.75, 3.05) is 6.79 Å². The van der Waals surface area contributed by atoms with E-state index in [1.54, 1.807) is 18.3 Å². The molecule has 4 heterocycles. The number of fused-ring (bicyclic) bond motifs is 4. The van der Waals surface area contributed by atoms with Gasteiger partial charge in [0.25, 0.3) is 0 Å². The molecule has 6 nitrogen and oxygen atoms in total. The molecule has 0 aliphatic carbocycles. The first-order chi connectivity index (χ1) is 14.3. The maximum atomic E-state index is 13.4. The second-order valence-electron chi connectivity index (χ2n) is 6.73. The average molecular weight is 384 g/mol. The molecule has 0 unspecified atom stereocenters. The highest BCUT2D eigenvalue weighted by Crippen LogP contribution is 2.38. The Balaban J connectivity index is 1.67. The summed E-state index contributed by atoms with van der Waals surface area (Å²) in [5.41, 5.74) is 3.98. The van der Waals surface area contributed by atoms with Gasteiger partial charge in [-0.05, 0) is 60.2 Å². The van der Waals surface area contributed by atoms with Crippen molar-refractivity contribution in [2.24, 2.45) is 0 Å². The molecule has 140 valence electrons. The van der Waals surface area contributed by atoms with Crippen LogP contribution in [-0.2, 0) is 0 Å². The van der Waals surface area contributed by atoms with Gasteiger partial charge < -0.3 is 9.47 Å². The lowest BCUT2D eigenvalue weighted by molar-refractivity contribution is 0.174. The lowest BCUT2D eigenvalue weighted by Gasteiger charge is -2.09. The van der Waals surface area contributed by atoms with Crippen LogP contribution in [0.15, 0.2) is 66.9 Å². The molecule has 0 saturated heterocycles. The number of aromatic nitrogens is 4. The van der Waals surface area contributed by atoms with Crippen LogP contribution in [0.3, 0.4) is 0 Å². The van der Waals surface area contributed by atoms with Gasteiger partial charge in [-0.15, -0.1) is 10.2 Å². The lowest BCUT2D eigenvalue weighted by atomic mass is 10.0. The monoisotopic (exact) mass is 384 g/mol. The van der Waals surface area contributed by atoms with E-state index in [-0.39, 0.29) is 12.6 Å². The Morgan fingerprint density at radius 3 is 2.55 bits per heavy atom. The van der Waals surface area contributed by atoms with Crippen molar-refractivity contribution in [3.8, 4) is 34.0 Å². The Kier molecular flexibility index (Phi) is 3.31. The third-order valence-electron chi connectivity index (χ3n) is 5.02. The standard InChI is InChI=1S/C22H13FN4O2/c23-16-6-3-13(4-7-16)21-25-26-22-17(10-15-2-1-9-24-20(15)27(21)22)14-5-8-18-19(11-14)29-12-28-18/h1-11H,12H2. The van der Waals surface area contributed by atoms with E-state index < -0.39 is 0 Å². The quantitative estimate of drug-likeness (QED) is 0.449. The summed E-state index contributed by atoms with van der Waals surface area (Å²) in [4.78, 5) is 4.54. The summed E-state index contributed by atoms with van der Waals surface area (Å²) in [6, 6.07) is 17.9. The summed E-state index contributed by atoms with van der Waals surface area (Å²) in [6.45, 7) is 0.218. The molecule has 0 amide bonds. The van der Waals surface area contributed by atoms with Crippen molar-refractivity contribution in [3.05, 3.63) is 72.7 Å². The number of halogens is 1. The fourth-order valence-corrected chi connectivity index (χ4v) is 3.65. The first kappa shape index (κ1) is 16.0. The van der Waals surface area contributed by atoms with E-state index in [0.717, 1.165) is 33.5 Å². The zero-order valence-electron chi connectivity index (χ0n) is 15.0. The largest absolute Gasteiger partial charge is 0.454 e. The molecule has 3 aromatic heterocycles. The second kappa shape index (κ2) is 6.00. The minimum absolute atomic E-state index is 0.218. The molecule has 0 N–H and O–H groups in total. The Hall–Kier alpha value is -4.00. The van der Waals surface area contributed by atoms with Gasteiger partial charge >= 0.3 is 0 Å². The van der Waals surface area contributed by atoms with Gasteiger partial charge in [0.2, 0.25) is 6.79 Å². The number of benzene rings is 2. The Bertz CT molecular complexity index is 1400. The van der Waals surface area contributed by atoms with Crippen molar-refractivity contribution < 1.29 is 13.9 Å². The fourth-order valence-electron chi connectivity index (χ4n) is 3.65. The number of hydrogen-bond acceptors (Lipinski definition) is 5. The van der Waals surface area contributed by atoms with E-state index in [1.807, 2.05) is 40.8 Å². The molecule has 6 rings (SSSR count). The van der Waals surface area contributed by atoms with Crippen LogP contribution in [0.1, 0.15) is 0 Å². The average Bonchev–Trinajstić information content (AvgIpc) is 3.40. The third-order valence-corrected chi connectivity index (χ3v) is 5.02. The summed E-state index contributed by atoms with van der Waals surface area (Å²) < 4.78 is 26.3. The van der Waals surface area contributed by atoms with Crippen LogP contribution in [0.25, 0.3) is 39.2 Å². The molecule has 0 saturated carbocycles. The van der Waals surface area contributed by atoms with Crippen molar-refractivity contribution >= 4 is 16.7 Å². The smallest absolute Gasteiger partial charge is 0.231 e. The lowest BCUT2D eigenvalue weighted by Crippen LogP contribution is -1.97. The van der Waals surface area contributed by atoms with Crippen LogP contribution in [0.2, 0.25) is 0 Å². The molecular weight excluding hydrogens is 371 g/mol. The molecule has 0 bridgehead atoms. The minimum atomic E-state index is -0.299. The van der Waals surface area contributed by atoms with Gasteiger partial charge in [0.05, 0.1) is 0 Å². The van der Waals surface area contributed by atoms with E-state index >= 15 is 0 Å². The van der Waals surface area contributed by atoms with Gasteiger partial charge in [-0.1, -0.05) is 6.07 Å². The summed E-state index contributed by atoms with van der Waals surface area (Å²) in [7, 11) is 0. The first-order valence-corrected chi connectivity index (χ1v) is 9.07. The second-order valence-corrected chi connectivity index (χ2v) is 6.73. The van der Waals surface area contributed by atoms with E-state index in [0.29, 0.717) is 17.2 Å². The van der Waals surface area contributed by atoms with E-state index in [1.165, 1.54) is 12.1 Å². The van der Waals surface area contributed by atoms with Crippen LogP contribution in [0.5, 0.6) is 11.5 Å². The zero-order valence-corrected chi connectivity index (χ0v) is 15.0. The zero-order chi connectivity index (χ0) is 19.4. The minimum Gasteiger partial charge on any atom is -0.454 e. The highest BCUT2D eigenvalue weighted by molar-refractivity contribution is 5.91. The van der Waals surface area contributed by atoms with Crippen LogP contribution >= 0.6 is 0 Å². The normalized spacial score (nSPS) is 12.7. The van der Waals surface area contributed by atoms with Crippen LogP contribution < -0.4 is 9.47 Å². The first-order valence-electron chi connectivity index (χ1n) is 9.07. The number of nitrogens with zero attached hydrogens (tertiary/aromatic N) is 4. The van der Waals surface area contributed by atoms with Crippen LogP contribution in [0, 0.1) is 5.82 Å². The van der Waals surface area contributed by atoms with Gasteiger partial charge in [0.1, 0.15) is 11.5 Å². The van der Waals surface area contributed by atoms with Crippen LogP contribution in [-0.4, -0.2) is 26.4 Å². The summed E-state index contributed by atoms with van der Waals surface area (Å²) in [6.07, 6.45) is 1.73. The van der Waals surface area contributed by atoms with Crippen molar-refractivity contribution in [1.29, 1.82) is 0 Å². The van der Waals surface area contributed by atoms with Gasteiger partial charge in [-0.25, -0.2) is 9.37 Å². The SMILES string of the molecule is Fc1ccc(-c2nnc3c(-c4ccc5c(c4)OCO5)cc4cccnc4n23)cc1.